The molecular formula is C32H25ClN2O3. The maximum atomic E-state index is 13.2. The highest BCUT2D eigenvalue weighted by molar-refractivity contribution is 6.30. The minimum atomic E-state index is -0.521. The van der Waals surface area contributed by atoms with Gasteiger partial charge in [0.25, 0.3) is 11.8 Å². The molecule has 0 bridgehead atoms. The predicted octanol–water partition coefficient (Wildman–Crippen LogP) is 6.95. The quantitative estimate of drug-likeness (QED) is 0.195. The topological polar surface area (TPSA) is 75.3 Å². The molecule has 0 saturated heterocycles. The monoisotopic (exact) mass is 520 g/mol. The second-order valence-electron chi connectivity index (χ2n) is 8.52. The second-order valence-corrected chi connectivity index (χ2v) is 8.96. The Morgan fingerprint density at radius 2 is 1.47 bits per heavy atom. The van der Waals surface area contributed by atoms with Crippen molar-refractivity contribution in [3.05, 3.63) is 148 Å². The molecule has 4 rings (SSSR count). The van der Waals surface area contributed by atoms with Gasteiger partial charge in [-0.2, -0.15) is 0 Å². The molecule has 6 heteroatoms. The summed E-state index contributed by atoms with van der Waals surface area (Å²) in [6.07, 6.45) is 4.87. The Balaban J connectivity index is 1.50. The lowest BCUT2D eigenvalue weighted by Gasteiger charge is -2.12. The summed E-state index contributed by atoms with van der Waals surface area (Å²) in [7, 11) is 0. The van der Waals surface area contributed by atoms with Crippen molar-refractivity contribution in [2.45, 2.75) is 6.92 Å². The number of nitrogens with one attached hydrogen (secondary N) is 2. The number of aryl methyl sites for hydroxylation is 1. The summed E-state index contributed by atoms with van der Waals surface area (Å²) in [4.78, 5) is 38.6. The summed E-state index contributed by atoms with van der Waals surface area (Å²) in [5.74, 6) is -1.09. The van der Waals surface area contributed by atoms with Crippen molar-refractivity contribution in [1.82, 2.24) is 5.32 Å². The molecule has 0 aliphatic carbocycles. The first-order valence-corrected chi connectivity index (χ1v) is 12.3. The molecular weight excluding hydrogens is 496 g/mol. The van der Waals surface area contributed by atoms with E-state index in [-0.39, 0.29) is 11.5 Å². The van der Waals surface area contributed by atoms with Gasteiger partial charge >= 0.3 is 0 Å². The summed E-state index contributed by atoms with van der Waals surface area (Å²) < 4.78 is 0. The normalized spacial score (nSPS) is 11.3. The van der Waals surface area contributed by atoms with E-state index >= 15 is 0 Å². The molecule has 2 N–H and O–H groups in total. The lowest BCUT2D eigenvalue weighted by atomic mass is 10.1. The van der Waals surface area contributed by atoms with Crippen LogP contribution in [0.2, 0.25) is 5.02 Å². The molecule has 0 unspecified atom stereocenters. The zero-order valence-electron chi connectivity index (χ0n) is 20.6. The molecule has 5 nitrogen and oxygen atoms in total. The van der Waals surface area contributed by atoms with Crippen LogP contribution in [-0.4, -0.2) is 17.6 Å². The van der Waals surface area contributed by atoms with Crippen molar-refractivity contribution in [1.29, 1.82) is 0 Å². The van der Waals surface area contributed by atoms with Crippen molar-refractivity contribution in [2.75, 3.05) is 5.32 Å². The van der Waals surface area contributed by atoms with Crippen LogP contribution in [0.4, 0.5) is 5.69 Å². The van der Waals surface area contributed by atoms with Crippen molar-refractivity contribution in [2.24, 2.45) is 0 Å². The number of allylic oxidation sites excluding steroid dienone is 1. The van der Waals surface area contributed by atoms with Crippen LogP contribution in [0.25, 0.3) is 12.2 Å². The summed E-state index contributed by atoms with van der Waals surface area (Å²) in [6.45, 7) is 1.99. The molecule has 0 saturated carbocycles. The second kappa shape index (κ2) is 12.5. The van der Waals surface area contributed by atoms with Crippen molar-refractivity contribution in [3.63, 3.8) is 0 Å². The minimum absolute atomic E-state index is 0.0439. The van der Waals surface area contributed by atoms with Gasteiger partial charge < -0.3 is 10.6 Å². The molecule has 0 spiro atoms. The van der Waals surface area contributed by atoms with Crippen LogP contribution in [-0.2, 0) is 4.79 Å². The Labute approximate surface area is 226 Å². The molecule has 2 amide bonds. The van der Waals surface area contributed by atoms with Crippen LogP contribution in [0.5, 0.6) is 0 Å². The van der Waals surface area contributed by atoms with Crippen molar-refractivity contribution < 1.29 is 14.4 Å². The first-order valence-electron chi connectivity index (χ1n) is 11.9. The van der Waals surface area contributed by atoms with Gasteiger partial charge in [-0.15, -0.1) is 0 Å². The van der Waals surface area contributed by atoms with Gasteiger partial charge in [-0.1, -0.05) is 72.3 Å². The number of anilines is 1. The largest absolute Gasteiger partial charge is 0.321 e. The summed E-state index contributed by atoms with van der Waals surface area (Å²) in [5, 5.41) is 5.98. The van der Waals surface area contributed by atoms with Crippen LogP contribution >= 0.6 is 11.6 Å². The van der Waals surface area contributed by atoms with E-state index < -0.39 is 11.8 Å². The van der Waals surface area contributed by atoms with Gasteiger partial charge in [-0.05, 0) is 84.3 Å². The number of ketones is 1. The van der Waals surface area contributed by atoms with E-state index in [1.54, 1.807) is 91.0 Å². The van der Waals surface area contributed by atoms with Gasteiger partial charge in [-0.25, -0.2) is 0 Å². The van der Waals surface area contributed by atoms with E-state index in [2.05, 4.69) is 10.6 Å². The van der Waals surface area contributed by atoms with Crippen LogP contribution in [0, 0.1) is 6.92 Å². The van der Waals surface area contributed by atoms with Gasteiger partial charge in [0.1, 0.15) is 5.70 Å². The zero-order valence-corrected chi connectivity index (χ0v) is 21.4. The predicted molar refractivity (Wildman–Crippen MR) is 153 cm³/mol. The van der Waals surface area contributed by atoms with Crippen LogP contribution in [0.15, 0.2) is 115 Å². The standard InChI is InChI=1S/C32H25ClN2O3/c1-22-8-5-6-10-24(22)16-19-30(36)25-14-17-28(18-15-25)34-32(38)29(21-23-9-7-13-27(33)20-23)35-31(37)26-11-3-2-4-12-26/h2-21H,1H3,(H,34,38)(H,35,37)/b19-16+,29-21-. The fourth-order valence-electron chi connectivity index (χ4n) is 3.66. The Morgan fingerprint density at radius 1 is 0.763 bits per heavy atom. The lowest BCUT2D eigenvalue weighted by Crippen LogP contribution is -2.30. The Hall–Kier alpha value is -4.74. The number of hydrogen-bond donors (Lipinski definition) is 2. The number of hydrogen-bond acceptors (Lipinski definition) is 3. The SMILES string of the molecule is Cc1ccccc1/C=C/C(=O)c1ccc(NC(=O)/C(=C/c2cccc(Cl)c2)NC(=O)c2ccccc2)cc1. The van der Waals surface area contributed by atoms with Crippen LogP contribution < -0.4 is 10.6 Å². The van der Waals surface area contributed by atoms with E-state index in [1.807, 2.05) is 31.2 Å². The number of rotatable bonds is 8. The fraction of sp³-hybridized carbons (Fsp3) is 0.0312. The fourth-order valence-corrected chi connectivity index (χ4v) is 3.86. The Morgan fingerprint density at radius 3 is 2.18 bits per heavy atom. The Bertz CT molecular complexity index is 1520. The van der Waals surface area contributed by atoms with E-state index in [4.69, 9.17) is 11.6 Å². The molecule has 0 radical (unpaired) electrons. The van der Waals surface area contributed by atoms with E-state index in [0.717, 1.165) is 11.1 Å². The van der Waals surface area contributed by atoms with Gasteiger partial charge in [0.2, 0.25) is 0 Å². The molecule has 0 atom stereocenters. The van der Waals surface area contributed by atoms with E-state index in [9.17, 15) is 14.4 Å². The number of carbonyl (C=O) groups is 3. The summed E-state index contributed by atoms with van der Waals surface area (Å²) >= 11 is 6.10. The van der Waals surface area contributed by atoms with Gasteiger partial charge in [0, 0.05) is 21.8 Å². The lowest BCUT2D eigenvalue weighted by molar-refractivity contribution is -0.113. The zero-order chi connectivity index (χ0) is 26.9. The van der Waals surface area contributed by atoms with Gasteiger partial charge in [-0.3, -0.25) is 14.4 Å². The highest BCUT2D eigenvalue weighted by atomic mass is 35.5. The average molecular weight is 521 g/mol. The van der Waals surface area contributed by atoms with Crippen molar-refractivity contribution in [3.8, 4) is 0 Å². The molecule has 0 aliphatic rings. The average Bonchev–Trinajstić information content (AvgIpc) is 2.93. The van der Waals surface area contributed by atoms with Crippen LogP contribution in [0.1, 0.15) is 37.4 Å². The van der Waals surface area contributed by atoms with Gasteiger partial charge in [0.15, 0.2) is 5.78 Å². The number of amides is 2. The third-order valence-corrected chi connectivity index (χ3v) is 5.95. The number of halogens is 1. The molecule has 188 valence electrons. The molecule has 0 fully saturated rings. The molecule has 4 aromatic carbocycles. The molecule has 38 heavy (non-hydrogen) atoms. The first-order chi connectivity index (χ1) is 18.4. The maximum absolute atomic E-state index is 13.2. The molecule has 4 aromatic rings. The van der Waals surface area contributed by atoms with Crippen molar-refractivity contribution >= 4 is 47.0 Å². The van der Waals surface area contributed by atoms with E-state index in [1.165, 1.54) is 6.08 Å². The smallest absolute Gasteiger partial charge is 0.272 e. The number of carbonyl (C=O) groups excluding carboxylic acids is 3. The molecule has 0 aromatic heterocycles. The molecule has 0 heterocycles. The van der Waals surface area contributed by atoms with E-state index in [0.29, 0.717) is 27.4 Å². The third-order valence-electron chi connectivity index (χ3n) is 5.72. The Kier molecular flexibility index (Phi) is 8.65. The highest BCUT2D eigenvalue weighted by Crippen LogP contribution is 2.17. The summed E-state index contributed by atoms with van der Waals surface area (Å²) in [6, 6.07) is 29.9. The van der Waals surface area contributed by atoms with Gasteiger partial charge in [0.05, 0.1) is 0 Å². The summed E-state index contributed by atoms with van der Waals surface area (Å²) in [5.41, 5.74) is 4.12. The third kappa shape index (κ3) is 7.15. The first kappa shape index (κ1) is 26.3. The highest BCUT2D eigenvalue weighted by Gasteiger charge is 2.15. The minimum Gasteiger partial charge on any atom is -0.321 e. The number of benzene rings is 4. The maximum Gasteiger partial charge on any atom is 0.272 e. The molecule has 0 aliphatic heterocycles. The van der Waals surface area contributed by atoms with Crippen LogP contribution in [0.3, 0.4) is 0 Å².